The van der Waals surface area contributed by atoms with E-state index in [0.717, 1.165) is 29.8 Å². The van der Waals surface area contributed by atoms with Crippen LogP contribution >= 0.6 is 11.6 Å². The van der Waals surface area contributed by atoms with Crippen LogP contribution in [0.1, 0.15) is 21.6 Å². The standard InChI is InChI=1S/C23H20ClN7O.C2HF3O2/c1-31-8-7-20(30-31)22(32)27-18-11-15-6-5-14-3-2-4-16(9-14)28-23-25-13-19(24)21(29-23)26-17(10-15)12-18;3-2(4,5)1(6)7/h2-4,7-13H,5-6H2,1H3,(H,27,32)(H2,25,26,28,29);(H,6,7). The number of aryl methyl sites for hydroxylation is 3. The molecule has 0 saturated carbocycles. The fraction of sp³-hybridized carbons (Fsp3) is 0.160. The lowest BCUT2D eigenvalue weighted by Gasteiger charge is -2.13. The van der Waals surface area contributed by atoms with Crippen LogP contribution in [-0.4, -0.2) is 42.9 Å². The van der Waals surface area contributed by atoms with Crippen LogP contribution in [-0.2, 0) is 24.7 Å². The summed E-state index contributed by atoms with van der Waals surface area (Å²) in [6, 6.07) is 15.7. The summed E-state index contributed by atoms with van der Waals surface area (Å²) in [4.78, 5) is 30.3. The van der Waals surface area contributed by atoms with Crippen LogP contribution in [0.2, 0.25) is 5.02 Å². The van der Waals surface area contributed by atoms with Crippen molar-refractivity contribution in [1.82, 2.24) is 19.7 Å². The highest BCUT2D eigenvalue weighted by atomic mass is 35.5. The van der Waals surface area contributed by atoms with Crippen LogP contribution in [0.25, 0.3) is 0 Å². The first-order valence-corrected chi connectivity index (χ1v) is 11.7. The van der Waals surface area contributed by atoms with Crippen molar-refractivity contribution in [3.63, 3.8) is 0 Å². The molecule has 0 fully saturated rings. The lowest BCUT2D eigenvalue weighted by atomic mass is 10.0. The number of halogens is 4. The number of aliphatic carboxylic acids is 1. The molecule has 1 aliphatic heterocycles. The van der Waals surface area contributed by atoms with Gasteiger partial charge in [0.15, 0.2) is 11.5 Å². The Hall–Kier alpha value is -4.65. The molecule has 1 amide bonds. The van der Waals surface area contributed by atoms with Gasteiger partial charge in [0.25, 0.3) is 5.91 Å². The van der Waals surface area contributed by atoms with Crippen LogP contribution in [0.3, 0.4) is 0 Å². The zero-order chi connectivity index (χ0) is 28.2. The number of carbonyl (C=O) groups is 2. The largest absolute Gasteiger partial charge is 0.490 e. The molecule has 6 bridgehead atoms. The quantitative estimate of drug-likeness (QED) is 0.259. The zero-order valence-corrected chi connectivity index (χ0v) is 21.0. The lowest BCUT2D eigenvalue weighted by molar-refractivity contribution is -0.192. The van der Waals surface area contributed by atoms with Gasteiger partial charge in [-0.25, -0.2) is 9.78 Å². The zero-order valence-electron chi connectivity index (χ0n) is 20.3. The van der Waals surface area contributed by atoms with E-state index >= 15 is 0 Å². The number of alkyl halides is 3. The van der Waals surface area contributed by atoms with Crippen molar-refractivity contribution in [3.8, 4) is 0 Å². The number of hydrogen-bond donors (Lipinski definition) is 4. The summed E-state index contributed by atoms with van der Waals surface area (Å²) in [5.74, 6) is -2.12. The number of benzene rings is 2. The predicted molar refractivity (Wildman–Crippen MR) is 139 cm³/mol. The van der Waals surface area contributed by atoms with Crippen LogP contribution in [0, 0.1) is 0 Å². The number of nitrogens with zero attached hydrogens (tertiary/aromatic N) is 4. The van der Waals surface area contributed by atoms with Gasteiger partial charge < -0.3 is 21.1 Å². The third-order valence-electron chi connectivity index (χ3n) is 5.33. The second-order valence-corrected chi connectivity index (χ2v) is 8.80. The minimum absolute atomic E-state index is 0.272. The van der Waals surface area contributed by atoms with Crippen LogP contribution < -0.4 is 16.0 Å². The lowest BCUT2D eigenvalue weighted by Crippen LogP contribution is -2.21. The molecular formula is C25H21ClF3N7O3. The van der Waals surface area contributed by atoms with E-state index in [4.69, 9.17) is 21.5 Å². The minimum Gasteiger partial charge on any atom is -0.475 e. The first kappa shape index (κ1) is 27.4. The number of fused-ring (bicyclic) bond motifs is 6. The van der Waals surface area contributed by atoms with E-state index in [-0.39, 0.29) is 5.91 Å². The third kappa shape index (κ3) is 7.45. The molecule has 1 aliphatic rings. The number of anilines is 5. The molecule has 0 aliphatic carbocycles. The molecule has 2 aromatic heterocycles. The summed E-state index contributed by atoms with van der Waals surface area (Å²) in [7, 11) is 1.77. The number of hydrogen-bond acceptors (Lipinski definition) is 7. The SMILES string of the molecule is Cn1ccc(C(=O)Nc2cc3cc(c2)Nc2nc(ncc2Cl)Nc2cccc(c2)CC3)n1.O=C(O)C(F)(F)F. The molecule has 5 rings (SSSR count). The van der Waals surface area contributed by atoms with Crippen LogP contribution in [0.4, 0.5) is 42.0 Å². The smallest absolute Gasteiger partial charge is 0.475 e. The van der Waals surface area contributed by atoms with Gasteiger partial charge in [-0.3, -0.25) is 9.48 Å². The van der Waals surface area contributed by atoms with Crippen molar-refractivity contribution in [2.45, 2.75) is 19.0 Å². The van der Waals surface area contributed by atoms with E-state index in [9.17, 15) is 18.0 Å². The first-order chi connectivity index (χ1) is 18.5. The van der Waals surface area contributed by atoms with Gasteiger partial charge in [-0.1, -0.05) is 23.7 Å². The average molecular weight is 560 g/mol. The fourth-order valence-corrected chi connectivity index (χ4v) is 3.72. The number of rotatable bonds is 2. The normalized spacial score (nSPS) is 12.2. The van der Waals surface area contributed by atoms with Crippen molar-refractivity contribution in [2.24, 2.45) is 7.05 Å². The molecule has 202 valence electrons. The molecule has 39 heavy (non-hydrogen) atoms. The summed E-state index contributed by atoms with van der Waals surface area (Å²) < 4.78 is 33.3. The number of carbonyl (C=O) groups excluding carboxylic acids is 1. The van der Waals surface area contributed by atoms with Gasteiger partial charge in [-0.15, -0.1) is 0 Å². The van der Waals surface area contributed by atoms with E-state index in [0.29, 0.717) is 28.2 Å². The number of nitrogens with one attached hydrogen (secondary N) is 3. The van der Waals surface area contributed by atoms with Crippen molar-refractivity contribution in [2.75, 3.05) is 16.0 Å². The Balaban J connectivity index is 0.000000448. The maximum Gasteiger partial charge on any atom is 0.490 e. The number of carboxylic acid groups (broad SMARTS) is 1. The second kappa shape index (κ2) is 11.4. The summed E-state index contributed by atoms with van der Waals surface area (Å²) in [6.45, 7) is 0. The van der Waals surface area contributed by atoms with E-state index in [1.807, 2.05) is 30.3 Å². The molecule has 4 aromatic rings. The first-order valence-electron chi connectivity index (χ1n) is 11.4. The van der Waals surface area contributed by atoms with Gasteiger partial charge in [0.05, 0.1) is 6.20 Å². The molecule has 2 aromatic carbocycles. The van der Waals surface area contributed by atoms with Gasteiger partial charge in [-0.2, -0.15) is 23.3 Å². The van der Waals surface area contributed by atoms with Gasteiger partial charge >= 0.3 is 12.1 Å². The van der Waals surface area contributed by atoms with Crippen LogP contribution in [0.5, 0.6) is 0 Å². The van der Waals surface area contributed by atoms with Gasteiger partial charge in [0.2, 0.25) is 5.95 Å². The highest BCUT2D eigenvalue weighted by Crippen LogP contribution is 2.29. The number of carboxylic acids is 1. The Labute approximate surface area is 224 Å². The Bertz CT molecular complexity index is 1530. The monoisotopic (exact) mass is 559 g/mol. The Morgan fingerprint density at radius 2 is 1.77 bits per heavy atom. The van der Waals surface area contributed by atoms with Crippen molar-refractivity contribution < 1.29 is 27.9 Å². The fourth-order valence-electron chi connectivity index (χ4n) is 3.59. The number of aromatic nitrogens is 4. The molecule has 0 atom stereocenters. The Morgan fingerprint density at radius 3 is 2.46 bits per heavy atom. The van der Waals surface area contributed by atoms with E-state index in [1.165, 1.54) is 5.56 Å². The molecule has 10 nitrogen and oxygen atoms in total. The number of amides is 1. The third-order valence-corrected chi connectivity index (χ3v) is 5.61. The molecule has 3 heterocycles. The summed E-state index contributed by atoms with van der Waals surface area (Å²) in [5.41, 5.74) is 4.93. The minimum atomic E-state index is -5.08. The highest BCUT2D eigenvalue weighted by Gasteiger charge is 2.38. The van der Waals surface area contributed by atoms with Crippen LogP contribution in [0.15, 0.2) is 60.9 Å². The van der Waals surface area contributed by atoms with Gasteiger partial charge in [-0.05, 0) is 60.4 Å². The summed E-state index contributed by atoms with van der Waals surface area (Å²) >= 11 is 6.34. The average Bonchev–Trinajstić information content (AvgIpc) is 3.31. The van der Waals surface area contributed by atoms with Crippen molar-refractivity contribution in [1.29, 1.82) is 0 Å². The molecule has 0 spiro atoms. The molecule has 0 radical (unpaired) electrons. The molecule has 14 heteroatoms. The highest BCUT2D eigenvalue weighted by molar-refractivity contribution is 6.32. The second-order valence-electron chi connectivity index (χ2n) is 8.39. The predicted octanol–water partition coefficient (Wildman–Crippen LogP) is 5.33. The van der Waals surface area contributed by atoms with E-state index in [2.05, 4.69) is 43.1 Å². The Morgan fingerprint density at radius 1 is 1.05 bits per heavy atom. The topological polar surface area (TPSA) is 134 Å². The molecule has 4 N–H and O–H groups in total. The molecular weight excluding hydrogens is 539 g/mol. The molecule has 0 unspecified atom stereocenters. The van der Waals surface area contributed by atoms with E-state index in [1.54, 1.807) is 30.2 Å². The summed E-state index contributed by atoms with van der Waals surface area (Å²) in [5, 5.41) is 21.1. The van der Waals surface area contributed by atoms with Gasteiger partial charge in [0.1, 0.15) is 5.02 Å². The van der Waals surface area contributed by atoms with Gasteiger partial charge in [0, 0.05) is 30.3 Å². The summed E-state index contributed by atoms with van der Waals surface area (Å²) in [6.07, 6.45) is -0.166. The Kier molecular flexibility index (Phi) is 8.00. The van der Waals surface area contributed by atoms with E-state index < -0.39 is 12.1 Å². The maximum atomic E-state index is 12.6. The van der Waals surface area contributed by atoms with Crippen molar-refractivity contribution >= 4 is 52.3 Å². The maximum absolute atomic E-state index is 12.6. The molecule has 0 saturated heterocycles. The van der Waals surface area contributed by atoms with Crippen molar-refractivity contribution in [3.05, 3.63) is 82.8 Å².